The van der Waals surface area contributed by atoms with Crippen LogP contribution in [0.1, 0.15) is 11.5 Å². The van der Waals surface area contributed by atoms with Gasteiger partial charge >= 0.3 is 5.97 Å². The van der Waals surface area contributed by atoms with Gasteiger partial charge < -0.3 is 9.47 Å². The monoisotopic (exact) mass is 188 g/mol. The summed E-state index contributed by atoms with van der Waals surface area (Å²) in [4.78, 5) is 11.2. The number of esters is 1. The fraction of sp³-hybridized carbons (Fsp3) is 0.182. The molecule has 0 aliphatic carbocycles. The zero-order chi connectivity index (χ0) is 9.71. The van der Waals surface area contributed by atoms with Crippen molar-refractivity contribution in [2.45, 2.75) is 12.2 Å². The Morgan fingerprint density at radius 1 is 1.21 bits per heavy atom. The minimum absolute atomic E-state index is 0.112. The Morgan fingerprint density at radius 2 is 2.00 bits per heavy atom. The topological polar surface area (TPSA) is 35.5 Å². The number of benzene rings is 1. The lowest BCUT2D eigenvalue weighted by Gasteiger charge is -2.05. The Labute approximate surface area is 80.9 Å². The van der Waals surface area contributed by atoms with Crippen molar-refractivity contribution >= 4 is 5.97 Å². The quantitative estimate of drug-likeness (QED) is 0.458. The van der Waals surface area contributed by atoms with Gasteiger partial charge in [-0.1, -0.05) is 24.8 Å². The largest absolute Gasteiger partial charge is 0.453 e. The molecule has 2 aliphatic rings. The summed E-state index contributed by atoms with van der Waals surface area (Å²) in [5, 5.41) is 0. The number of carbonyl (C=O) groups is 1. The first kappa shape index (κ1) is 7.62. The maximum absolute atomic E-state index is 11.2. The van der Waals surface area contributed by atoms with Gasteiger partial charge in [0.25, 0.3) is 6.29 Å². The summed E-state index contributed by atoms with van der Waals surface area (Å²) >= 11 is 0. The van der Waals surface area contributed by atoms with Crippen LogP contribution in [-0.4, -0.2) is 12.3 Å². The fourth-order valence-electron chi connectivity index (χ4n) is 1.94. The van der Waals surface area contributed by atoms with Crippen molar-refractivity contribution in [1.82, 2.24) is 0 Å². The molecule has 14 heavy (non-hydrogen) atoms. The molecule has 0 bridgehead atoms. The van der Waals surface area contributed by atoms with Crippen LogP contribution in [0.4, 0.5) is 0 Å². The Hall–Kier alpha value is -1.77. The van der Waals surface area contributed by atoms with Crippen LogP contribution in [0.5, 0.6) is 5.75 Å². The van der Waals surface area contributed by atoms with E-state index in [0.717, 1.165) is 11.3 Å². The summed E-state index contributed by atoms with van der Waals surface area (Å²) in [6, 6.07) is 7.62. The molecule has 0 amide bonds. The van der Waals surface area contributed by atoms with E-state index in [2.05, 4.69) is 6.58 Å². The Balaban J connectivity index is 2.13. The van der Waals surface area contributed by atoms with Crippen LogP contribution < -0.4 is 4.74 Å². The van der Waals surface area contributed by atoms with Gasteiger partial charge in [0.05, 0.1) is 5.92 Å². The van der Waals surface area contributed by atoms with Crippen LogP contribution in [0.2, 0.25) is 0 Å². The van der Waals surface area contributed by atoms with Crippen LogP contribution in [0.15, 0.2) is 36.4 Å². The van der Waals surface area contributed by atoms with E-state index < -0.39 is 6.29 Å². The highest BCUT2D eigenvalue weighted by atomic mass is 16.7. The number of hydrogen-bond acceptors (Lipinski definition) is 3. The van der Waals surface area contributed by atoms with Gasteiger partial charge in [-0.3, -0.25) is 0 Å². The summed E-state index contributed by atoms with van der Waals surface area (Å²) in [7, 11) is 0. The van der Waals surface area contributed by atoms with Crippen LogP contribution in [0.3, 0.4) is 0 Å². The maximum atomic E-state index is 11.2. The molecule has 3 nitrogen and oxygen atoms in total. The molecule has 0 radical (unpaired) electrons. The maximum Gasteiger partial charge on any atom is 0.337 e. The second-order valence-electron chi connectivity index (χ2n) is 3.43. The summed E-state index contributed by atoms with van der Waals surface area (Å²) in [5.41, 5.74) is 1.48. The fourth-order valence-corrected chi connectivity index (χ4v) is 1.94. The molecular formula is C11H8O3. The molecule has 1 aromatic carbocycles. The normalized spacial score (nSPS) is 28.0. The molecule has 2 heterocycles. The van der Waals surface area contributed by atoms with E-state index in [0.29, 0.717) is 5.57 Å². The molecule has 0 N–H and O–H groups in total. The van der Waals surface area contributed by atoms with Gasteiger partial charge in [-0.25, -0.2) is 4.79 Å². The van der Waals surface area contributed by atoms with E-state index in [-0.39, 0.29) is 11.9 Å². The summed E-state index contributed by atoms with van der Waals surface area (Å²) < 4.78 is 10.5. The van der Waals surface area contributed by atoms with Crippen molar-refractivity contribution in [3.05, 3.63) is 42.0 Å². The average molecular weight is 188 g/mol. The molecule has 70 valence electrons. The summed E-state index contributed by atoms with van der Waals surface area (Å²) in [6.07, 6.45) is -0.493. The molecule has 2 unspecified atom stereocenters. The number of hydrogen-bond donors (Lipinski definition) is 0. The molecule has 0 aromatic heterocycles. The van der Waals surface area contributed by atoms with Crippen LogP contribution in [0, 0.1) is 0 Å². The number of carbonyl (C=O) groups excluding carboxylic acids is 1. The highest BCUT2D eigenvalue weighted by Gasteiger charge is 2.46. The number of para-hydroxylation sites is 1. The lowest BCUT2D eigenvalue weighted by Crippen LogP contribution is -2.14. The molecule has 2 aliphatic heterocycles. The number of ether oxygens (including phenoxy) is 2. The Morgan fingerprint density at radius 3 is 2.86 bits per heavy atom. The van der Waals surface area contributed by atoms with Gasteiger partial charge in [0, 0.05) is 11.1 Å². The van der Waals surface area contributed by atoms with Crippen molar-refractivity contribution in [1.29, 1.82) is 0 Å². The minimum Gasteiger partial charge on any atom is -0.453 e. The average Bonchev–Trinajstić information content (AvgIpc) is 2.65. The van der Waals surface area contributed by atoms with E-state index in [1.54, 1.807) is 0 Å². The van der Waals surface area contributed by atoms with Gasteiger partial charge in [0.1, 0.15) is 5.75 Å². The SMILES string of the molecule is C=C1C(=O)OC2Oc3ccccc3C12. The molecule has 1 saturated heterocycles. The molecule has 0 spiro atoms. The molecule has 1 aromatic rings. The van der Waals surface area contributed by atoms with Crippen molar-refractivity contribution < 1.29 is 14.3 Å². The smallest absolute Gasteiger partial charge is 0.337 e. The second-order valence-corrected chi connectivity index (χ2v) is 3.43. The molecule has 3 rings (SSSR count). The highest BCUT2D eigenvalue weighted by molar-refractivity contribution is 5.92. The van der Waals surface area contributed by atoms with E-state index in [4.69, 9.17) is 9.47 Å². The van der Waals surface area contributed by atoms with Crippen molar-refractivity contribution in [3.8, 4) is 5.75 Å². The predicted octanol–water partition coefficient (Wildman–Crippen LogP) is 1.60. The first-order valence-corrected chi connectivity index (χ1v) is 4.43. The van der Waals surface area contributed by atoms with Gasteiger partial charge in [-0.2, -0.15) is 0 Å². The predicted molar refractivity (Wildman–Crippen MR) is 48.8 cm³/mol. The molecular weight excluding hydrogens is 180 g/mol. The minimum atomic E-state index is -0.493. The second kappa shape index (κ2) is 2.38. The zero-order valence-corrected chi connectivity index (χ0v) is 7.40. The highest BCUT2D eigenvalue weighted by Crippen LogP contribution is 2.46. The zero-order valence-electron chi connectivity index (χ0n) is 7.40. The molecule has 3 heteroatoms. The van der Waals surface area contributed by atoms with Crippen molar-refractivity contribution in [2.75, 3.05) is 0 Å². The van der Waals surface area contributed by atoms with E-state index in [9.17, 15) is 4.79 Å². The molecule has 0 saturated carbocycles. The Bertz CT molecular complexity index is 436. The van der Waals surface area contributed by atoms with Crippen LogP contribution in [-0.2, 0) is 9.53 Å². The lowest BCUT2D eigenvalue weighted by molar-refractivity contribution is -0.148. The van der Waals surface area contributed by atoms with E-state index in [1.807, 2.05) is 24.3 Å². The third-order valence-electron chi connectivity index (χ3n) is 2.63. The number of fused-ring (bicyclic) bond motifs is 3. The first-order chi connectivity index (χ1) is 6.77. The van der Waals surface area contributed by atoms with Gasteiger partial charge in [-0.15, -0.1) is 0 Å². The van der Waals surface area contributed by atoms with E-state index >= 15 is 0 Å². The summed E-state index contributed by atoms with van der Waals surface area (Å²) in [6.45, 7) is 3.72. The Kier molecular flexibility index (Phi) is 1.29. The third kappa shape index (κ3) is 0.789. The standard InChI is InChI=1S/C11H8O3/c1-6-9-7-4-2-3-5-8(7)13-11(9)14-10(6)12/h2-5,9,11H,1H2. The third-order valence-corrected chi connectivity index (χ3v) is 2.63. The first-order valence-electron chi connectivity index (χ1n) is 4.43. The molecule has 1 fully saturated rings. The van der Waals surface area contributed by atoms with Crippen LogP contribution >= 0.6 is 0 Å². The molecule has 2 atom stereocenters. The van der Waals surface area contributed by atoms with Gasteiger partial charge in [0.15, 0.2) is 0 Å². The number of rotatable bonds is 0. The van der Waals surface area contributed by atoms with Gasteiger partial charge in [-0.05, 0) is 6.07 Å². The van der Waals surface area contributed by atoms with Crippen molar-refractivity contribution in [2.24, 2.45) is 0 Å². The van der Waals surface area contributed by atoms with Crippen molar-refractivity contribution in [3.63, 3.8) is 0 Å². The summed E-state index contributed by atoms with van der Waals surface area (Å²) in [5.74, 6) is 0.323. The van der Waals surface area contributed by atoms with E-state index in [1.165, 1.54) is 0 Å². The van der Waals surface area contributed by atoms with Gasteiger partial charge in [0.2, 0.25) is 0 Å². The van der Waals surface area contributed by atoms with Crippen LogP contribution in [0.25, 0.3) is 0 Å². The lowest BCUT2D eigenvalue weighted by atomic mass is 9.95.